The molecular formula is H10B4Li2O12. The number of fused-ring (bicyclic) bond motifs is 2. The molecule has 18 heavy (non-hydrogen) atoms. The van der Waals surface area contributed by atoms with Gasteiger partial charge < -0.3 is 60.3 Å². The molecule has 2 fully saturated rings. The summed E-state index contributed by atoms with van der Waals surface area (Å²) in [5, 5.41) is 21.0. The van der Waals surface area contributed by atoms with Gasteiger partial charge in [-0.05, 0) is 0 Å². The zero-order chi connectivity index (χ0) is 7.84. The van der Waals surface area contributed by atoms with Gasteiger partial charge in [-0.15, -0.1) is 0 Å². The van der Waals surface area contributed by atoms with E-state index in [1.807, 2.05) is 0 Å². The molecular weight excluding hydrogens is 249 g/mol. The van der Waals surface area contributed by atoms with Crippen LogP contribution in [0.15, 0.2) is 0 Å². The molecule has 2 aliphatic heterocycles. The molecule has 18 heteroatoms. The van der Waals surface area contributed by atoms with Crippen LogP contribution in [0.3, 0.4) is 0 Å². The Morgan fingerprint density at radius 3 is 0.944 bits per heavy atom. The topological polar surface area (TPSA) is 250 Å². The number of rotatable bonds is 0. The molecule has 0 unspecified atom stereocenters. The van der Waals surface area contributed by atoms with Crippen molar-refractivity contribution in [3.05, 3.63) is 0 Å². The van der Waals surface area contributed by atoms with Crippen molar-refractivity contribution in [2.45, 2.75) is 0 Å². The van der Waals surface area contributed by atoms with Crippen LogP contribution in [0.4, 0.5) is 0 Å². The van der Waals surface area contributed by atoms with Crippen molar-refractivity contribution in [3.8, 4) is 0 Å². The average molecular weight is 259 g/mol. The smallest absolute Gasteiger partial charge is 0.833 e. The summed E-state index contributed by atoms with van der Waals surface area (Å²) in [6.07, 6.45) is 0. The molecule has 0 atom stereocenters. The van der Waals surface area contributed by atoms with E-state index in [1.54, 1.807) is 0 Å². The first-order valence-corrected chi connectivity index (χ1v) is 2.83. The first kappa shape index (κ1) is 36.4. The first-order chi connectivity index (χ1) is 5.24. The largest absolute Gasteiger partial charge is 1.00 e. The quantitative estimate of drug-likeness (QED) is 0.379. The fourth-order valence-corrected chi connectivity index (χ4v) is 0.710. The summed E-state index contributed by atoms with van der Waals surface area (Å²) >= 11 is 0. The minimum Gasteiger partial charge on any atom is -0.833 e. The summed E-state index contributed by atoms with van der Waals surface area (Å²) in [4.78, 5) is 0. The minimum absolute atomic E-state index is 0. The monoisotopic (exact) mass is 260 g/mol. The van der Waals surface area contributed by atoms with Crippen molar-refractivity contribution in [2.24, 2.45) is 0 Å². The van der Waals surface area contributed by atoms with Gasteiger partial charge in [0.1, 0.15) is 0 Å². The van der Waals surface area contributed by atoms with Gasteiger partial charge in [-0.2, -0.15) is 0 Å². The fraction of sp³-hybridized carbons (Fsp3) is 0. The number of hydrogen-bond acceptors (Lipinski definition) is 7. The van der Waals surface area contributed by atoms with Crippen LogP contribution in [0.5, 0.6) is 0 Å². The molecule has 2 heterocycles. The molecule has 0 spiro atoms. The molecule has 0 saturated carbocycles. The van der Waals surface area contributed by atoms with E-state index in [-0.39, 0.29) is 65.1 Å². The molecule has 2 bridgehead atoms. The van der Waals surface area contributed by atoms with Gasteiger partial charge >= 0.3 is 67.0 Å². The van der Waals surface area contributed by atoms with E-state index in [0.29, 0.717) is 0 Å². The molecule has 96 valence electrons. The van der Waals surface area contributed by atoms with Gasteiger partial charge in [0.05, 0.1) is 0 Å². The Morgan fingerprint density at radius 2 is 0.722 bits per heavy atom. The van der Waals surface area contributed by atoms with Crippen molar-refractivity contribution < 1.29 is 98.0 Å². The van der Waals surface area contributed by atoms with Crippen molar-refractivity contribution >= 4 is 29.3 Å². The Bertz CT molecular complexity index is 128. The maximum atomic E-state index is 10.5. The molecule has 2 saturated heterocycles. The van der Waals surface area contributed by atoms with Crippen LogP contribution >= 0.6 is 0 Å². The molecule has 0 amide bonds. The Balaban J connectivity index is -0.0000000514. The van der Waals surface area contributed by atoms with Crippen molar-refractivity contribution in [3.63, 3.8) is 0 Å². The normalized spacial score (nSPS) is 15.0. The Labute approximate surface area is 127 Å². The van der Waals surface area contributed by atoms with E-state index in [0.717, 1.165) is 0 Å². The van der Waals surface area contributed by atoms with Crippen molar-refractivity contribution in [1.82, 2.24) is 0 Å². The van der Waals surface area contributed by atoms with Crippen molar-refractivity contribution in [1.29, 1.82) is 0 Å². The standard InChI is InChI=1S/B4O7.2Li.5H2O/c5-1-7-3-9-2(6)10-4(8-1)11-3;;;;;;;/h;;;5*1H2/q-2;2*+1;;;;;. The first-order valence-electron chi connectivity index (χ1n) is 2.83. The van der Waals surface area contributed by atoms with Crippen LogP contribution < -0.4 is 47.8 Å². The SMILES string of the molecule is O.O.O.O.O.[Li+].[Li+].[O-]B1OB2OB([O-])OB(O1)O2. The van der Waals surface area contributed by atoms with E-state index in [2.05, 4.69) is 22.9 Å². The van der Waals surface area contributed by atoms with E-state index < -0.39 is 29.3 Å². The van der Waals surface area contributed by atoms with Gasteiger partial charge in [-0.25, -0.2) is 0 Å². The summed E-state index contributed by atoms with van der Waals surface area (Å²) in [6, 6.07) is 0. The molecule has 10 N–H and O–H groups in total. The van der Waals surface area contributed by atoms with Gasteiger partial charge in [0.2, 0.25) is 0 Å². The molecule has 0 radical (unpaired) electrons. The Hall–Kier alpha value is 0.975. The Kier molecular flexibility index (Phi) is 32.4. The van der Waals surface area contributed by atoms with Crippen LogP contribution in [0.1, 0.15) is 0 Å². The molecule has 2 aliphatic rings. The summed E-state index contributed by atoms with van der Waals surface area (Å²) < 4.78 is 21.9. The summed E-state index contributed by atoms with van der Waals surface area (Å²) in [6.45, 7) is 0. The zero-order valence-corrected chi connectivity index (χ0v) is 9.67. The summed E-state index contributed by atoms with van der Waals surface area (Å²) in [7, 11) is -6.00. The van der Waals surface area contributed by atoms with Crippen LogP contribution in [0.2, 0.25) is 0 Å². The summed E-state index contributed by atoms with van der Waals surface area (Å²) in [5.41, 5.74) is 0. The zero-order valence-electron chi connectivity index (χ0n) is 9.67. The molecule has 12 nitrogen and oxygen atoms in total. The second-order valence-electron chi connectivity index (χ2n) is 1.84. The van der Waals surface area contributed by atoms with Crippen molar-refractivity contribution in [2.75, 3.05) is 0 Å². The van der Waals surface area contributed by atoms with E-state index in [1.165, 1.54) is 0 Å². The molecule has 0 aromatic rings. The van der Waals surface area contributed by atoms with Crippen LogP contribution in [0, 0.1) is 0 Å². The second-order valence-corrected chi connectivity index (χ2v) is 1.84. The predicted octanol–water partition coefficient (Wildman–Crippen LogP) is -14.4. The minimum atomic E-state index is -1.73. The molecule has 2 rings (SSSR count). The average Bonchev–Trinajstić information content (AvgIpc) is 1.82. The molecule has 0 aromatic carbocycles. The van der Waals surface area contributed by atoms with Gasteiger partial charge in [-0.3, -0.25) is 0 Å². The third kappa shape index (κ3) is 9.85. The Morgan fingerprint density at radius 1 is 0.500 bits per heavy atom. The van der Waals surface area contributed by atoms with E-state index in [4.69, 9.17) is 0 Å². The summed E-state index contributed by atoms with van der Waals surface area (Å²) in [5.74, 6) is 0. The van der Waals surface area contributed by atoms with Crippen LogP contribution in [-0.4, -0.2) is 56.7 Å². The van der Waals surface area contributed by atoms with Gasteiger partial charge in [-0.1, -0.05) is 0 Å². The van der Waals surface area contributed by atoms with Crippen LogP contribution in [-0.2, 0) is 22.9 Å². The third-order valence-electron chi connectivity index (χ3n) is 1.11. The fourth-order valence-electron chi connectivity index (χ4n) is 0.710. The second kappa shape index (κ2) is 16.0. The maximum Gasteiger partial charge on any atom is 1.00 e. The third-order valence-corrected chi connectivity index (χ3v) is 1.11. The number of hydrogen-bond donors (Lipinski definition) is 0. The van der Waals surface area contributed by atoms with Gasteiger partial charge in [0.25, 0.3) is 0 Å². The van der Waals surface area contributed by atoms with E-state index >= 15 is 0 Å². The molecule has 0 aromatic heterocycles. The van der Waals surface area contributed by atoms with Crippen LogP contribution in [0.25, 0.3) is 0 Å². The van der Waals surface area contributed by atoms with E-state index in [9.17, 15) is 10.0 Å². The maximum absolute atomic E-state index is 10.5. The van der Waals surface area contributed by atoms with Gasteiger partial charge in [0, 0.05) is 0 Å². The molecule has 0 aliphatic carbocycles. The van der Waals surface area contributed by atoms with Gasteiger partial charge in [0.15, 0.2) is 0 Å². The predicted molar refractivity (Wildman–Crippen MR) is 46.5 cm³/mol.